The number of aromatic nitrogens is 3. The molecule has 1 saturated carbocycles. The number of hydrogen-bond acceptors (Lipinski definition) is 7. The molecule has 2 fully saturated rings. The average molecular weight is 447 g/mol. The minimum atomic E-state index is -0.0839. The van der Waals surface area contributed by atoms with Crippen molar-refractivity contribution in [3.05, 3.63) is 18.6 Å². The predicted molar refractivity (Wildman–Crippen MR) is 125 cm³/mol. The second-order valence-electron chi connectivity index (χ2n) is 7.97. The van der Waals surface area contributed by atoms with Crippen molar-refractivity contribution in [2.45, 2.75) is 25.3 Å². The molecule has 4 rings (SSSR count). The zero-order valence-electron chi connectivity index (χ0n) is 18.1. The Hall–Kier alpha value is -2.79. The number of carbonyl (C=O) groups is 1. The summed E-state index contributed by atoms with van der Waals surface area (Å²) in [5.41, 5.74) is 6.02. The predicted octanol–water partition coefficient (Wildman–Crippen LogP) is 1.10. The fourth-order valence-electron chi connectivity index (χ4n) is 4.49. The monoisotopic (exact) mass is 446 g/mol. The van der Waals surface area contributed by atoms with Gasteiger partial charge < -0.3 is 30.6 Å². The third kappa shape index (κ3) is 5.67. The number of nitrogens with two attached hydrogens (primary N) is 1. The summed E-state index contributed by atoms with van der Waals surface area (Å²) in [4.78, 5) is 30.1. The van der Waals surface area contributed by atoms with E-state index in [1.54, 1.807) is 6.33 Å². The maximum Gasteiger partial charge on any atom is 0.289 e. The quantitative estimate of drug-likeness (QED) is 0.277. The zero-order chi connectivity index (χ0) is 22.4. The molecule has 1 saturated heterocycles. The molecule has 3 atom stereocenters. The highest BCUT2D eigenvalue weighted by atomic mass is 32.1. The first-order chi connectivity index (χ1) is 14.9. The van der Waals surface area contributed by atoms with Crippen LogP contribution in [-0.2, 0) is 9.53 Å². The lowest BCUT2D eigenvalue weighted by atomic mass is 9.89. The number of thiocarbonyl (C=S) groups is 1. The Bertz CT molecular complexity index is 933. The summed E-state index contributed by atoms with van der Waals surface area (Å²) in [5.74, 6) is 2.83. The standard InChI is InChI=1S/C16H23N5.C4H7N3O2S/c1-20-6-4-11-7-13(8-12(11)9-20)21(2)16-14-3-5-17-15(14)18-10-19-16;1-9-3(5)7-4(10)6-2-8/h3,5,10-13H,4,6-9H2,1-2H3,(H,17,18,19);2H,1H3,(H3,5,6,7,8,10). The molecule has 2 aliphatic rings. The summed E-state index contributed by atoms with van der Waals surface area (Å²) in [6, 6.07) is 2.61. The van der Waals surface area contributed by atoms with Crippen LogP contribution in [0.2, 0.25) is 0 Å². The van der Waals surface area contributed by atoms with Crippen molar-refractivity contribution in [1.82, 2.24) is 25.2 Å². The maximum absolute atomic E-state index is 9.74. The lowest BCUT2D eigenvalue weighted by Gasteiger charge is -2.32. The van der Waals surface area contributed by atoms with Crippen LogP contribution in [0.3, 0.4) is 0 Å². The molecule has 0 aromatic carbocycles. The Morgan fingerprint density at radius 2 is 2.23 bits per heavy atom. The number of anilines is 1. The second kappa shape index (κ2) is 10.5. The van der Waals surface area contributed by atoms with Crippen LogP contribution in [0.5, 0.6) is 0 Å². The molecule has 3 heterocycles. The highest BCUT2D eigenvalue weighted by Crippen LogP contribution is 2.41. The smallest absolute Gasteiger partial charge is 0.289 e. The third-order valence-corrected chi connectivity index (χ3v) is 6.27. The lowest BCUT2D eigenvalue weighted by Crippen LogP contribution is -2.35. The van der Waals surface area contributed by atoms with E-state index in [9.17, 15) is 4.79 Å². The number of piperidine rings is 1. The van der Waals surface area contributed by atoms with Crippen LogP contribution < -0.4 is 16.0 Å². The van der Waals surface area contributed by atoms with Gasteiger partial charge in [0.2, 0.25) is 11.5 Å². The van der Waals surface area contributed by atoms with Gasteiger partial charge in [0.25, 0.3) is 6.02 Å². The van der Waals surface area contributed by atoms with Gasteiger partial charge in [0.1, 0.15) is 17.8 Å². The number of methoxy groups -OCH3 is 1. The second-order valence-corrected chi connectivity index (χ2v) is 8.35. The Morgan fingerprint density at radius 1 is 1.45 bits per heavy atom. The summed E-state index contributed by atoms with van der Waals surface area (Å²) in [6.45, 7) is 2.52. The van der Waals surface area contributed by atoms with Crippen molar-refractivity contribution in [3.63, 3.8) is 0 Å². The molecule has 2 aromatic rings. The van der Waals surface area contributed by atoms with Gasteiger partial charge in [-0.1, -0.05) is 0 Å². The summed E-state index contributed by atoms with van der Waals surface area (Å²) >= 11 is 4.51. The molecule has 1 amide bonds. The summed E-state index contributed by atoms with van der Waals surface area (Å²) in [6.07, 6.45) is 7.98. The SMILES string of the molecule is CN1CCC2CC(N(C)c3ncnc4[nH]ccc34)CC2C1.CO/C(N)=N/C(=S)NC=O. The highest BCUT2D eigenvalue weighted by Gasteiger charge is 2.39. The van der Waals surface area contributed by atoms with Crippen LogP contribution in [0.4, 0.5) is 5.82 Å². The number of likely N-dealkylation sites (tertiary alicyclic amines) is 1. The molecule has 1 aliphatic carbocycles. The van der Waals surface area contributed by atoms with Crippen molar-refractivity contribution in [2.24, 2.45) is 22.6 Å². The first-order valence-corrected chi connectivity index (χ1v) is 10.7. The molecule has 2 aromatic heterocycles. The minimum absolute atomic E-state index is 0.0191. The Kier molecular flexibility index (Phi) is 7.75. The number of carbonyl (C=O) groups excluding carboxylic acids is 1. The van der Waals surface area contributed by atoms with Crippen molar-refractivity contribution >= 4 is 46.6 Å². The fraction of sp³-hybridized carbons (Fsp3) is 0.550. The Labute approximate surface area is 187 Å². The van der Waals surface area contributed by atoms with Crippen LogP contribution in [0.1, 0.15) is 19.3 Å². The maximum atomic E-state index is 9.74. The van der Waals surface area contributed by atoms with Gasteiger partial charge in [0.15, 0.2) is 0 Å². The average Bonchev–Trinajstić information content (AvgIpc) is 3.40. The van der Waals surface area contributed by atoms with Gasteiger partial charge in [0, 0.05) is 25.8 Å². The van der Waals surface area contributed by atoms with Crippen LogP contribution in [0, 0.1) is 11.8 Å². The van der Waals surface area contributed by atoms with E-state index in [0.29, 0.717) is 12.5 Å². The number of nitrogens with zero attached hydrogens (tertiary/aromatic N) is 5. The molecule has 4 N–H and O–H groups in total. The number of hydrogen-bond donors (Lipinski definition) is 3. The van der Waals surface area contributed by atoms with Gasteiger partial charge in [-0.2, -0.15) is 4.99 Å². The van der Waals surface area contributed by atoms with E-state index >= 15 is 0 Å². The number of fused-ring (bicyclic) bond motifs is 2. The lowest BCUT2D eigenvalue weighted by molar-refractivity contribution is -0.108. The van der Waals surface area contributed by atoms with Crippen LogP contribution >= 0.6 is 12.2 Å². The molecule has 3 unspecified atom stereocenters. The molecule has 1 aliphatic heterocycles. The molecule has 10 nitrogen and oxygen atoms in total. The number of nitrogens with one attached hydrogen (secondary N) is 2. The van der Waals surface area contributed by atoms with Crippen molar-refractivity contribution in [2.75, 3.05) is 39.2 Å². The van der Waals surface area contributed by atoms with E-state index in [0.717, 1.165) is 28.7 Å². The van der Waals surface area contributed by atoms with Gasteiger partial charge in [0.05, 0.1) is 12.5 Å². The number of ether oxygens (including phenoxy) is 1. The number of aliphatic imine (C=N–C) groups is 1. The van der Waals surface area contributed by atoms with Crippen LogP contribution in [0.25, 0.3) is 11.0 Å². The topological polar surface area (TPSA) is 125 Å². The molecular formula is C20H30N8O2S. The minimum Gasteiger partial charge on any atom is -0.468 e. The van der Waals surface area contributed by atoms with Gasteiger partial charge in [-0.3, -0.25) is 4.79 Å². The third-order valence-electron chi connectivity index (χ3n) is 6.06. The number of amidine groups is 1. The molecule has 11 heteroatoms. The molecule has 0 bridgehead atoms. The van der Waals surface area contributed by atoms with E-state index in [2.05, 4.69) is 72.2 Å². The Morgan fingerprint density at radius 3 is 2.97 bits per heavy atom. The summed E-state index contributed by atoms with van der Waals surface area (Å²) < 4.78 is 4.45. The van der Waals surface area contributed by atoms with Gasteiger partial charge in [-0.15, -0.1) is 0 Å². The Balaban J connectivity index is 0.000000233. The fourth-order valence-corrected chi connectivity index (χ4v) is 4.63. The summed E-state index contributed by atoms with van der Waals surface area (Å²) in [5, 5.41) is 3.23. The molecule has 0 spiro atoms. The molecular weight excluding hydrogens is 416 g/mol. The van der Waals surface area contributed by atoms with Gasteiger partial charge in [-0.05, 0) is 63.0 Å². The van der Waals surface area contributed by atoms with Crippen molar-refractivity contribution in [1.29, 1.82) is 0 Å². The normalized spacial score (nSPS) is 23.5. The first-order valence-electron chi connectivity index (χ1n) is 10.2. The number of H-pyrrole nitrogens is 1. The largest absolute Gasteiger partial charge is 0.468 e. The number of aromatic amines is 1. The van der Waals surface area contributed by atoms with E-state index < -0.39 is 0 Å². The van der Waals surface area contributed by atoms with Crippen LogP contribution in [-0.4, -0.2) is 77.7 Å². The van der Waals surface area contributed by atoms with E-state index in [-0.39, 0.29) is 11.1 Å². The summed E-state index contributed by atoms with van der Waals surface area (Å²) in [7, 11) is 5.80. The molecule has 168 valence electrons. The van der Waals surface area contributed by atoms with Gasteiger partial charge >= 0.3 is 0 Å². The van der Waals surface area contributed by atoms with E-state index in [1.807, 2.05) is 6.20 Å². The zero-order valence-corrected chi connectivity index (χ0v) is 18.9. The highest BCUT2D eigenvalue weighted by molar-refractivity contribution is 7.80. The van der Waals surface area contributed by atoms with E-state index in [1.165, 1.54) is 39.5 Å². The molecule has 0 radical (unpaired) electrons. The van der Waals surface area contributed by atoms with Gasteiger partial charge in [-0.25, -0.2) is 9.97 Å². The first kappa shape index (κ1) is 22.9. The number of amides is 1. The molecule has 31 heavy (non-hydrogen) atoms. The van der Waals surface area contributed by atoms with E-state index in [4.69, 9.17) is 5.73 Å². The van der Waals surface area contributed by atoms with Crippen molar-refractivity contribution in [3.8, 4) is 0 Å². The van der Waals surface area contributed by atoms with Crippen molar-refractivity contribution < 1.29 is 9.53 Å². The number of rotatable bonds is 3. The van der Waals surface area contributed by atoms with Crippen LogP contribution in [0.15, 0.2) is 23.6 Å².